The smallest absolute Gasteiger partial charge is 0.308 e. The van der Waals surface area contributed by atoms with Crippen LogP contribution in [0.25, 0.3) is 0 Å². The Morgan fingerprint density at radius 2 is 2.05 bits per heavy atom. The topological polar surface area (TPSA) is 85.3 Å². The Hall–Kier alpha value is -1.98. The molecule has 0 fully saturated rings. The molecule has 0 aliphatic heterocycles. The summed E-state index contributed by atoms with van der Waals surface area (Å²) in [6.07, 6.45) is 4.26. The molecule has 0 heterocycles. The molecule has 1 amide bonds. The predicted molar refractivity (Wildman–Crippen MR) is 76.1 cm³/mol. The highest BCUT2D eigenvalue weighted by Gasteiger charge is 2.13. The van der Waals surface area contributed by atoms with Crippen LogP contribution in [0.3, 0.4) is 0 Å². The van der Waals surface area contributed by atoms with Gasteiger partial charge in [0.2, 0.25) is 6.08 Å². The minimum absolute atomic E-state index is 0.169. The van der Waals surface area contributed by atoms with Gasteiger partial charge in [-0.2, -0.15) is 0 Å². The molecular weight excluding hydrogens is 276 g/mol. The number of hydrogen-bond acceptors (Lipinski definition) is 6. The van der Waals surface area contributed by atoms with E-state index >= 15 is 0 Å². The van der Waals surface area contributed by atoms with Crippen molar-refractivity contribution >= 4 is 18.0 Å². The average molecular weight is 298 g/mol. The standard InChI is InChI=1S/C14H22N2O5/c1-11(2)14(19)21-9-12(20-4)5-7-16(3)8-6-13(18)15-10-17/h6,8,11-12H,5,7,9H2,1-4H3/b8-6-. The van der Waals surface area contributed by atoms with E-state index in [-0.39, 0.29) is 24.6 Å². The van der Waals surface area contributed by atoms with Crippen molar-refractivity contribution in [2.45, 2.75) is 26.4 Å². The molecule has 0 aromatic carbocycles. The first-order valence-corrected chi connectivity index (χ1v) is 6.60. The number of amides is 1. The highest BCUT2D eigenvalue weighted by atomic mass is 16.6. The summed E-state index contributed by atoms with van der Waals surface area (Å²) in [6, 6.07) is 0. The van der Waals surface area contributed by atoms with Gasteiger partial charge in [-0.05, 0) is 6.42 Å². The lowest BCUT2D eigenvalue weighted by Gasteiger charge is -2.19. The van der Waals surface area contributed by atoms with Crippen LogP contribution in [0.15, 0.2) is 17.3 Å². The van der Waals surface area contributed by atoms with E-state index in [1.807, 2.05) is 0 Å². The third-order valence-corrected chi connectivity index (χ3v) is 2.65. The Labute approximate surface area is 124 Å². The highest BCUT2D eigenvalue weighted by Crippen LogP contribution is 2.03. The number of ether oxygens (including phenoxy) is 2. The van der Waals surface area contributed by atoms with Crippen LogP contribution in [0.4, 0.5) is 0 Å². The second-order valence-corrected chi connectivity index (χ2v) is 4.77. The van der Waals surface area contributed by atoms with Crippen LogP contribution in [0, 0.1) is 5.92 Å². The van der Waals surface area contributed by atoms with Gasteiger partial charge in [0, 0.05) is 33.0 Å². The van der Waals surface area contributed by atoms with E-state index in [2.05, 4.69) is 4.99 Å². The SMILES string of the molecule is COC(CCN(C)/C=C\C(=O)N=C=O)COC(=O)C(C)C. The molecule has 0 radical (unpaired) electrons. The van der Waals surface area contributed by atoms with Gasteiger partial charge in [0.15, 0.2) is 0 Å². The second kappa shape index (κ2) is 10.8. The maximum atomic E-state index is 11.4. The van der Waals surface area contributed by atoms with Gasteiger partial charge in [-0.15, -0.1) is 4.99 Å². The van der Waals surface area contributed by atoms with Gasteiger partial charge in [-0.3, -0.25) is 9.59 Å². The zero-order chi connectivity index (χ0) is 16.3. The fourth-order valence-electron chi connectivity index (χ4n) is 1.31. The summed E-state index contributed by atoms with van der Waals surface area (Å²) in [6.45, 7) is 4.31. The molecule has 0 aromatic heterocycles. The largest absolute Gasteiger partial charge is 0.463 e. The molecule has 0 spiro atoms. The predicted octanol–water partition coefficient (Wildman–Crippen LogP) is 0.899. The molecule has 118 valence electrons. The van der Waals surface area contributed by atoms with Crippen LogP contribution in [-0.4, -0.2) is 56.3 Å². The van der Waals surface area contributed by atoms with Crippen LogP contribution in [0.5, 0.6) is 0 Å². The zero-order valence-electron chi connectivity index (χ0n) is 12.9. The van der Waals surface area contributed by atoms with Gasteiger partial charge in [-0.25, -0.2) is 4.79 Å². The van der Waals surface area contributed by atoms with Crippen molar-refractivity contribution in [3.05, 3.63) is 12.3 Å². The highest BCUT2D eigenvalue weighted by molar-refractivity contribution is 5.91. The molecule has 1 unspecified atom stereocenters. The third-order valence-electron chi connectivity index (χ3n) is 2.65. The number of hydrogen-bond donors (Lipinski definition) is 0. The van der Waals surface area contributed by atoms with Crippen molar-refractivity contribution in [1.29, 1.82) is 0 Å². The molecule has 0 rings (SSSR count). The van der Waals surface area contributed by atoms with Crippen molar-refractivity contribution < 1.29 is 23.9 Å². The summed E-state index contributed by atoms with van der Waals surface area (Å²) in [5.74, 6) is -1.09. The molecule has 0 saturated heterocycles. The minimum Gasteiger partial charge on any atom is -0.463 e. The van der Waals surface area contributed by atoms with E-state index in [9.17, 15) is 14.4 Å². The van der Waals surface area contributed by atoms with E-state index in [0.717, 1.165) is 0 Å². The number of isocyanates is 1. The number of aliphatic imine (C=N–C) groups is 1. The van der Waals surface area contributed by atoms with Gasteiger partial charge >= 0.3 is 5.97 Å². The molecule has 0 saturated carbocycles. The lowest BCUT2D eigenvalue weighted by atomic mass is 10.2. The van der Waals surface area contributed by atoms with Crippen LogP contribution in [0.1, 0.15) is 20.3 Å². The number of nitrogens with zero attached hydrogens (tertiary/aromatic N) is 2. The maximum Gasteiger partial charge on any atom is 0.308 e. The number of carbonyl (C=O) groups is 2. The summed E-state index contributed by atoms with van der Waals surface area (Å²) in [4.78, 5) is 36.9. The monoisotopic (exact) mass is 298 g/mol. The average Bonchev–Trinajstić information content (AvgIpc) is 2.45. The molecule has 0 aromatic rings. The Balaban J connectivity index is 4.12. The number of esters is 1. The molecule has 1 atom stereocenters. The molecule has 21 heavy (non-hydrogen) atoms. The summed E-state index contributed by atoms with van der Waals surface area (Å²) >= 11 is 0. The quantitative estimate of drug-likeness (QED) is 0.272. The van der Waals surface area contributed by atoms with E-state index in [4.69, 9.17) is 9.47 Å². The molecular formula is C14H22N2O5. The molecule has 0 bridgehead atoms. The zero-order valence-corrected chi connectivity index (χ0v) is 12.9. The Kier molecular flexibility index (Phi) is 9.75. The Bertz CT molecular complexity index is 414. The van der Waals surface area contributed by atoms with Crippen molar-refractivity contribution in [1.82, 2.24) is 4.90 Å². The number of methoxy groups -OCH3 is 1. The lowest BCUT2D eigenvalue weighted by molar-refractivity contribution is -0.151. The van der Waals surface area contributed by atoms with E-state index in [1.54, 1.807) is 32.9 Å². The van der Waals surface area contributed by atoms with Gasteiger partial charge < -0.3 is 14.4 Å². The van der Waals surface area contributed by atoms with Gasteiger partial charge in [0.1, 0.15) is 6.61 Å². The van der Waals surface area contributed by atoms with Crippen molar-refractivity contribution in [2.24, 2.45) is 10.9 Å². The maximum absolute atomic E-state index is 11.4. The summed E-state index contributed by atoms with van der Waals surface area (Å²) in [5.41, 5.74) is 0. The van der Waals surface area contributed by atoms with Gasteiger partial charge in [0.25, 0.3) is 5.91 Å². The van der Waals surface area contributed by atoms with Crippen LogP contribution in [-0.2, 0) is 23.9 Å². The number of rotatable bonds is 9. The van der Waals surface area contributed by atoms with Crippen LogP contribution in [0.2, 0.25) is 0 Å². The molecule has 0 N–H and O–H groups in total. The normalized spacial score (nSPS) is 12.0. The summed E-state index contributed by atoms with van der Waals surface area (Å²) < 4.78 is 10.3. The third kappa shape index (κ3) is 9.54. The minimum atomic E-state index is -0.661. The Morgan fingerprint density at radius 1 is 1.38 bits per heavy atom. The molecule has 7 nitrogen and oxygen atoms in total. The lowest BCUT2D eigenvalue weighted by Crippen LogP contribution is -2.26. The fourth-order valence-corrected chi connectivity index (χ4v) is 1.31. The van der Waals surface area contributed by atoms with Crippen LogP contribution >= 0.6 is 0 Å². The molecule has 7 heteroatoms. The van der Waals surface area contributed by atoms with E-state index in [1.165, 1.54) is 18.4 Å². The summed E-state index contributed by atoms with van der Waals surface area (Å²) in [7, 11) is 3.31. The molecule has 0 aliphatic carbocycles. The van der Waals surface area contributed by atoms with Crippen molar-refractivity contribution in [2.75, 3.05) is 27.3 Å². The van der Waals surface area contributed by atoms with Crippen molar-refractivity contribution in [3.8, 4) is 0 Å². The second-order valence-electron chi connectivity index (χ2n) is 4.77. The van der Waals surface area contributed by atoms with Crippen molar-refractivity contribution in [3.63, 3.8) is 0 Å². The summed E-state index contributed by atoms with van der Waals surface area (Å²) in [5, 5.41) is 0. The fraction of sp³-hybridized carbons (Fsp3) is 0.643. The van der Waals surface area contributed by atoms with Crippen LogP contribution < -0.4 is 0 Å². The van der Waals surface area contributed by atoms with E-state index in [0.29, 0.717) is 13.0 Å². The van der Waals surface area contributed by atoms with Gasteiger partial charge in [-0.1, -0.05) is 13.8 Å². The Morgan fingerprint density at radius 3 is 2.57 bits per heavy atom. The first-order chi connectivity index (χ1) is 9.90. The molecule has 0 aliphatic rings. The van der Waals surface area contributed by atoms with Gasteiger partial charge in [0.05, 0.1) is 12.0 Å². The number of carbonyl (C=O) groups excluding carboxylic acids is 3. The first kappa shape index (κ1) is 19.0. The first-order valence-electron chi connectivity index (χ1n) is 6.60. The van der Waals surface area contributed by atoms with E-state index < -0.39 is 5.91 Å².